The largest absolute Gasteiger partial charge is 0.429 e. The molecule has 2 aliphatic rings. The van der Waals surface area contributed by atoms with Gasteiger partial charge in [-0.1, -0.05) is 0 Å². The fraction of sp³-hybridized carbons (Fsp3) is 0.650. The summed E-state index contributed by atoms with van der Waals surface area (Å²) in [5.41, 5.74) is -1.82. The molecule has 0 bridgehead atoms. The van der Waals surface area contributed by atoms with Crippen LogP contribution in [0.3, 0.4) is 0 Å². The number of alkyl halides is 2. The summed E-state index contributed by atoms with van der Waals surface area (Å²) < 4.78 is 54.5. The van der Waals surface area contributed by atoms with Gasteiger partial charge in [-0.25, -0.2) is 18.5 Å². The first-order valence-electron chi connectivity index (χ1n) is 10.8. The van der Waals surface area contributed by atoms with E-state index in [1.165, 1.54) is 16.8 Å². The lowest BCUT2D eigenvalue weighted by molar-refractivity contribution is -0.0513. The second kappa shape index (κ2) is 8.76. The van der Waals surface area contributed by atoms with Gasteiger partial charge in [0.2, 0.25) is 16.0 Å². The number of ether oxygens (including phenoxy) is 1. The van der Waals surface area contributed by atoms with E-state index < -0.39 is 44.8 Å². The first kappa shape index (κ1) is 23.8. The number of anilines is 1. The predicted molar refractivity (Wildman–Crippen MR) is 117 cm³/mol. The molecular formula is C20H27F2N5O5S. The molecule has 0 aliphatic heterocycles. The Morgan fingerprint density at radius 3 is 2.58 bits per heavy atom. The van der Waals surface area contributed by atoms with Gasteiger partial charge in [-0.3, -0.25) is 9.36 Å². The zero-order chi connectivity index (χ0) is 24.0. The highest BCUT2D eigenvalue weighted by Crippen LogP contribution is 2.40. The van der Waals surface area contributed by atoms with Gasteiger partial charge in [-0.15, -0.1) is 0 Å². The number of primary sulfonamides is 1. The molecule has 0 saturated heterocycles. The zero-order valence-corrected chi connectivity index (χ0v) is 18.9. The van der Waals surface area contributed by atoms with E-state index >= 15 is 0 Å². The third kappa shape index (κ3) is 4.94. The third-order valence-corrected chi connectivity index (χ3v) is 8.02. The molecule has 0 radical (unpaired) electrons. The first-order chi connectivity index (χ1) is 15.5. The van der Waals surface area contributed by atoms with Crippen molar-refractivity contribution in [1.29, 1.82) is 0 Å². The summed E-state index contributed by atoms with van der Waals surface area (Å²) in [6.45, 7) is -1.57. The molecule has 0 spiro atoms. The van der Waals surface area contributed by atoms with Crippen LogP contribution in [0.5, 0.6) is 5.75 Å². The van der Waals surface area contributed by atoms with Crippen molar-refractivity contribution in [3.63, 3.8) is 0 Å². The highest BCUT2D eigenvalue weighted by Gasteiger charge is 2.40. The van der Waals surface area contributed by atoms with Crippen LogP contribution in [-0.4, -0.2) is 51.6 Å². The van der Waals surface area contributed by atoms with Crippen molar-refractivity contribution >= 4 is 27.0 Å². The summed E-state index contributed by atoms with van der Waals surface area (Å²) in [4.78, 5) is 21.8. The second-order valence-corrected chi connectivity index (χ2v) is 10.9. The van der Waals surface area contributed by atoms with Crippen LogP contribution in [0.4, 0.5) is 14.7 Å². The van der Waals surface area contributed by atoms with Crippen LogP contribution in [0.2, 0.25) is 0 Å². The minimum atomic E-state index is -3.58. The average molecular weight is 488 g/mol. The Kier molecular flexibility index (Phi) is 6.31. The third-order valence-electron chi connectivity index (χ3n) is 6.62. The SMILES string of the molecule is C[C@@]1(O)CCC[C@H]1n1c(=O)c(OC(F)F)cc2cnc(NC3CCC(S(N)(=O)=O)CC3)nc21. The van der Waals surface area contributed by atoms with Crippen molar-refractivity contribution in [1.82, 2.24) is 14.5 Å². The molecule has 2 atom stereocenters. The number of pyridine rings is 1. The monoisotopic (exact) mass is 487 g/mol. The second-order valence-electron chi connectivity index (χ2n) is 9.01. The number of nitrogens with two attached hydrogens (primary N) is 1. The molecule has 182 valence electrons. The number of sulfonamides is 1. The van der Waals surface area contributed by atoms with E-state index in [9.17, 15) is 27.1 Å². The summed E-state index contributed by atoms with van der Waals surface area (Å²) >= 11 is 0. The summed E-state index contributed by atoms with van der Waals surface area (Å²) in [6.07, 6.45) is 4.91. The molecule has 0 unspecified atom stereocenters. The van der Waals surface area contributed by atoms with Gasteiger partial charge >= 0.3 is 6.61 Å². The Bertz CT molecular complexity index is 1200. The van der Waals surface area contributed by atoms with Gasteiger partial charge in [0.25, 0.3) is 5.56 Å². The summed E-state index contributed by atoms with van der Waals surface area (Å²) in [5.74, 6) is -0.319. The van der Waals surface area contributed by atoms with Crippen LogP contribution in [0.1, 0.15) is 57.9 Å². The Morgan fingerprint density at radius 2 is 2.00 bits per heavy atom. The van der Waals surface area contributed by atoms with Crippen LogP contribution >= 0.6 is 0 Å². The van der Waals surface area contributed by atoms with Crippen molar-refractivity contribution in [2.45, 2.75) is 81.4 Å². The van der Waals surface area contributed by atoms with E-state index in [0.717, 1.165) is 0 Å². The highest BCUT2D eigenvalue weighted by atomic mass is 32.2. The molecule has 10 nitrogen and oxygen atoms in total. The smallest absolute Gasteiger partial charge is 0.387 e. The molecule has 2 fully saturated rings. The maximum Gasteiger partial charge on any atom is 0.387 e. The van der Waals surface area contributed by atoms with E-state index in [1.54, 1.807) is 6.92 Å². The van der Waals surface area contributed by atoms with Crippen LogP contribution in [0.25, 0.3) is 11.0 Å². The zero-order valence-electron chi connectivity index (χ0n) is 18.1. The lowest BCUT2D eigenvalue weighted by Gasteiger charge is -2.29. The maximum atomic E-state index is 13.1. The predicted octanol–water partition coefficient (Wildman–Crippen LogP) is 1.88. The normalized spacial score (nSPS) is 28.4. The molecule has 13 heteroatoms. The fourth-order valence-corrected chi connectivity index (χ4v) is 5.82. The Hall–Kier alpha value is -2.38. The average Bonchev–Trinajstić information content (AvgIpc) is 3.07. The highest BCUT2D eigenvalue weighted by molar-refractivity contribution is 7.89. The maximum absolute atomic E-state index is 13.1. The number of fused-ring (bicyclic) bond motifs is 1. The molecule has 0 aromatic carbocycles. The minimum Gasteiger partial charge on any atom is -0.429 e. The number of halogens is 2. The van der Waals surface area contributed by atoms with Gasteiger partial charge in [-0.2, -0.15) is 13.8 Å². The van der Waals surface area contributed by atoms with E-state index in [0.29, 0.717) is 50.3 Å². The lowest BCUT2D eigenvalue weighted by Crippen LogP contribution is -2.38. The van der Waals surface area contributed by atoms with Gasteiger partial charge in [0.15, 0.2) is 5.75 Å². The summed E-state index contributed by atoms with van der Waals surface area (Å²) in [5, 5.41) is 19.0. The number of nitrogens with zero attached hydrogens (tertiary/aromatic N) is 3. The Labute approximate surface area is 189 Å². The van der Waals surface area contributed by atoms with E-state index in [1.807, 2.05) is 0 Å². The van der Waals surface area contributed by atoms with Gasteiger partial charge < -0.3 is 15.2 Å². The van der Waals surface area contributed by atoms with Crippen LogP contribution in [0.15, 0.2) is 17.1 Å². The number of aliphatic hydroxyl groups is 1. The van der Waals surface area contributed by atoms with Crippen molar-refractivity contribution in [3.05, 3.63) is 22.6 Å². The van der Waals surface area contributed by atoms with Crippen LogP contribution in [-0.2, 0) is 10.0 Å². The molecule has 2 aromatic rings. The molecule has 2 saturated carbocycles. The Balaban J connectivity index is 1.69. The van der Waals surface area contributed by atoms with E-state index in [4.69, 9.17) is 5.14 Å². The fourth-order valence-electron chi connectivity index (χ4n) is 4.89. The molecule has 0 amide bonds. The number of nitrogens with one attached hydrogen (secondary N) is 1. The van der Waals surface area contributed by atoms with Crippen molar-refractivity contribution in [3.8, 4) is 5.75 Å². The Morgan fingerprint density at radius 1 is 1.30 bits per heavy atom. The molecule has 4 rings (SSSR count). The molecule has 4 N–H and O–H groups in total. The lowest BCUT2D eigenvalue weighted by atomic mass is 9.95. The molecule has 33 heavy (non-hydrogen) atoms. The molecular weight excluding hydrogens is 460 g/mol. The quantitative estimate of drug-likeness (QED) is 0.559. The molecule has 2 heterocycles. The van der Waals surface area contributed by atoms with Crippen LogP contribution in [0, 0.1) is 0 Å². The molecule has 2 aliphatic carbocycles. The number of hydrogen-bond acceptors (Lipinski definition) is 8. The summed E-state index contributed by atoms with van der Waals surface area (Å²) in [7, 11) is -3.58. The van der Waals surface area contributed by atoms with E-state index in [-0.39, 0.29) is 17.6 Å². The van der Waals surface area contributed by atoms with Crippen molar-refractivity contribution < 1.29 is 27.0 Å². The summed E-state index contributed by atoms with van der Waals surface area (Å²) in [6, 6.07) is 0.420. The van der Waals surface area contributed by atoms with Gasteiger partial charge in [-0.05, 0) is 57.9 Å². The standard InChI is InChI=1S/C20H27F2N5O5S/c1-20(29)8-2-3-15(20)27-16-11(9-14(17(27)28)32-18(21)22)10-24-19(26-16)25-12-4-6-13(7-5-12)33(23,30)31/h9-10,12-13,15,18,29H,2-8H2,1H3,(H2,23,30,31)(H,24,25,26)/t12?,13?,15-,20-/m1/s1. The van der Waals surface area contributed by atoms with Crippen molar-refractivity contribution in [2.75, 3.05) is 5.32 Å². The van der Waals surface area contributed by atoms with Gasteiger partial charge in [0, 0.05) is 17.6 Å². The van der Waals surface area contributed by atoms with E-state index in [2.05, 4.69) is 20.0 Å². The van der Waals surface area contributed by atoms with Gasteiger partial charge in [0.1, 0.15) is 5.65 Å². The number of rotatable bonds is 6. The first-order valence-corrected chi connectivity index (χ1v) is 12.4. The minimum absolute atomic E-state index is 0.0864. The van der Waals surface area contributed by atoms with Crippen LogP contribution < -0.4 is 20.8 Å². The topological polar surface area (TPSA) is 149 Å². The number of aromatic nitrogens is 3. The van der Waals surface area contributed by atoms with Gasteiger partial charge in [0.05, 0.1) is 16.9 Å². The molecule has 2 aromatic heterocycles. The number of hydrogen-bond donors (Lipinski definition) is 3. The van der Waals surface area contributed by atoms with Crippen molar-refractivity contribution in [2.24, 2.45) is 5.14 Å².